The Kier molecular flexibility index (Phi) is 4.09. The Bertz CT molecular complexity index is 656. The number of nitrogens with zero attached hydrogens (tertiary/aromatic N) is 4. The lowest BCUT2D eigenvalue weighted by Gasteiger charge is -2.16. The van der Waals surface area contributed by atoms with E-state index in [4.69, 9.17) is 5.84 Å². The highest BCUT2D eigenvalue weighted by Gasteiger charge is 2.26. The molecule has 0 fully saturated rings. The monoisotopic (exact) mass is 291 g/mol. The first-order valence-corrected chi connectivity index (χ1v) is 5.88. The summed E-state index contributed by atoms with van der Waals surface area (Å²) in [6.07, 6.45) is 1.31. The topological polar surface area (TPSA) is 143 Å². The molecule has 0 spiro atoms. The number of nitrogen functional groups attached to an aromatic ring is 1. The summed E-state index contributed by atoms with van der Waals surface area (Å²) in [7, 11) is 1.51. The van der Waals surface area contributed by atoms with Crippen LogP contribution in [0.5, 0.6) is 0 Å². The quantitative estimate of drug-likeness (QED) is 0.407. The molecule has 1 aromatic carbocycles. The zero-order valence-corrected chi connectivity index (χ0v) is 11.1. The molecular weight excluding hydrogens is 278 g/mol. The number of benzene rings is 1. The summed E-state index contributed by atoms with van der Waals surface area (Å²) >= 11 is 0. The highest BCUT2D eigenvalue weighted by atomic mass is 16.6. The van der Waals surface area contributed by atoms with Crippen molar-refractivity contribution < 1.29 is 9.72 Å². The zero-order chi connectivity index (χ0) is 15.4. The maximum absolute atomic E-state index is 12.4. The molecule has 0 saturated heterocycles. The first-order chi connectivity index (χ1) is 10.0. The van der Waals surface area contributed by atoms with Crippen LogP contribution in [0, 0.1) is 10.1 Å². The van der Waals surface area contributed by atoms with Crippen molar-refractivity contribution in [1.82, 2.24) is 20.1 Å². The molecule has 4 N–H and O–H groups in total. The van der Waals surface area contributed by atoms with Gasteiger partial charge in [-0.25, -0.2) is 4.98 Å². The van der Waals surface area contributed by atoms with E-state index in [9.17, 15) is 14.9 Å². The number of aromatic nitrogens is 3. The minimum atomic E-state index is -0.648. The molecule has 0 aliphatic heterocycles. The van der Waals surface area contributed by atoms with E-state index >= 15 is 0 Å². The van der Waals surface area contributed by atoms with Gasteiger partial charge in [-0.2, -0.15) is 5.10 Å². The van der Waals surface area contributed by atoms with Gasteiger partial charge in [-0.1, -0.05) is 6.07 Å². The van der Waals surface area contributed by atoms with Crippen LogP contribution < -0.4 is 11.3 Å². The number of para-hydroxylation sites is 1. The summed E-state index contributed by atoms with van der Waals surface area (Å²) in [5.41, 5.74) is 1.86. The van der Waals surface area contributed by atoms with Gasteiger partial charge in [0.25, 0.3) is 5.91 Å². The van der Waals surface area contributed by atoms with Crippen LogP contribution in [-0.2, 0) is 6.54 Å². The van der Waals surface area contributed by atoms with Crippen LogP contribution >= 0.6 is 0 Å². The van der Waals surface area contributed by atoms with Gasteiger partial charge in [0.05, 0.1) is 11.5 Å². The number of nitro benzene ring substituents is 1. The Balaban J connectivity index is 2.32. The van der Waals surface area contributed by atoms with Gasteiger partial charge in [0.2, 0.25) is 0 Å². The van der Waals surface area contributed by atoms with Crippen LogP contribution in [-0.4, -0.2) is 38.0 Å². The fourth-order valence-corrected chi connectivity index (χ4v) is 1.84. The van der Waals surface area contributed by atoms with E-state index in [2.05, 4.69) is 20.6 Å². The molecule has 0 aliphatic carbocycles. The first kappa shape index (κ1) is 14.4. The van der Waals surface area contributed by atoms with Gasteiger partial charge in [0, 0.05) is 7.05 Å². The van der Waals surface area contributed by atoms with Gasteiger partial charge in [-0.05, 0) is 12.1 Å². The second-order valence-electron chi connectivity index (χ2n) is 4.20. The third-order valence-electron chi connectivity index (χ3n) is 2.80. The standard InChI is InChI=1S/C11H13N7O3/c1-17(5-9-13-6-14-16-9)11(19)7-3-2-4-8(15-12)10(7)18(20)21/h2-4,6,15H,5,12H2,1H3,(H,13,14,16). The largest absolute Gasteiger partial charge is 0.334 e. The van der Waals surface area contributed by atoms with E-state index < -0.39 is 10.8 Å². The van der Waals surface area contributed by atoms with Crippen LogP contribution in [0.2, 0.25) is 0 Å². The number of carbonyl (C=O) groups is 1. The molecule has 10 nitrogen and oxygen atoms in total. The molecule has 110 valence electrons. The fraction of sp³-hybridized carbons (Fsp3) is 0.182. The van der Waals surface area contributed by atoms with Crippen LogP contribution in [0.3, 0.4) is 0 Å². The normalized spacial score (nSPS) is 10.2. The van der Waals surface area contributed by atoms with Gasteiger partial charge in [0.15, 0.2) is 0 Å². The van der Waals surface area contributed by atoms with Crippen molar-refractivity contribution in [2.75, 3.05) is 12.5 Å². The van der Waals surface area contributed by atoms with Crippen molar-refractivity contribution in [3.05, 3.63) is 46.0 Å². The molecule has 1 heterocycles. The zero-order valence-electron chi connectivity index (χ0n) is 11.1. The van der Waals surface area contributed by atoms with Crippen LogP contribution in [0.15, 0.2) is 24.5 Å². The fourth-order valence-electron chi connectivity index (χ4n) is 1.84. The molecule has 0 radical (unpaired) electrons. The maximum atomic E-state index is 12.4. The number of hydrogen-bond acceptors (Lipinski definition) is 7. The molecule has 10 heteroatoms. The Labute approximate surface area is 119 Å². The molecule has 0 atom stereocenters. The third-order valence-corrected chi connectivity index (χ3v) is 2.80. The van der Waals surface area contributed by atoms with Crippen molar-refractivity contribution in [2.24, 2.45) is 5.84 Å². The number of nitrogens with two attached hydrogens (primary N) is 1. The third kappa shape index (κ3) is 2.95. The van der Waals surface area contributed by atoms with Gasteiger partial charge >= 0.3 is 5.69 Å². The Morgan fingerprint density at radius 2 is 2.33 bits per heavy atom. The highest BCUT2D eigenvalue weighted by molar-refractivity contribution is 6.00. The lowest BCUT2D eigenvalue weighted by Crippen LogP contribution is -2.27. The average molecular weight is 291 g/mol. The first-order valence-electron chi connectivity index (χ1n) is 5.88. The number of amides is 1. The Hall–Kier alpha value is -3.01. The SMILES string of the molecule is CN(Cc1ncn[nH]1)C(=O)c1cccc(NN)c1[N+](=O)[O-]. The number of carbonyl (C=O) groups excluding carboxylic acids is 1. The second kappa shape index (κ2) is 5.96. The molecule has 2 rings (SSSR count). The number of H-pyrrole nitrogens is 1. The molecule has 2 aromatic rings. The van der Waals surface area contributed by atoms with E-state index in [0.717, 1.165) is 0 Å². The van der Waals surface area contributed by atoms with Crippen molar-refractivity contribution in [1.29, 1.82) is 0 Å². The Morgan fingerprint density at radius 1 is 1.57 bits per heavy atom. The van der Waals surface area contributed by atoms with E-state index in [0.29, 0.717) is 5.82 Å². The molecule has 1 amide bonds. The van der Waals surface area contributed by atoms with E-state index in [-0.39, 0.29) is 23.5 Å². The van der Waals surface area contributed by atoms with Crippen molar-refractivity contribution in [3.63, 3.8) is 0 Å². The predicted octanol–water partition coefficient (Wildman–Crippen LogP) is 0.271. The minimum Gasteiger partial charge on any atom is -0.334 e. The van der Waals surface area contributed by atoms with E-state index in [1.54, 1.807) is 0 Å². The number of nitrogens with one attached hydrogen (secondary N) is 2. The number of anilines is 1. The average Bonchev–Trinajstić information content (AvgIpc) is 2.98. The molecule has 1 aromatic heterocycles. The lowest BCUT2D eigenvalue weighted by molar-refractivity contribution is -0.384. The molecule has 0 bridgehead atoms. The molecule has 21 heavy (non-hydrogen) atoms. The number of nitro groups is 1. The van der Waals surface area contributed by atoms with Crippen LogP contribution in [0.1, 0.15) is 16.2 Å². The Morgan fingerprint density at radius 3 is 2.90 bits per heavy atom. The van der Waals surface area contributed by atoms with Crippen molar-refractivity contribution >= 4 is 17.3 Å². The van der Waals surface area contributed by atoms with E-state index in [1.807, 2.05) is 0 Å². The molecule has 0 aliphatic rings. The highest BCUT2D eigenvalue weighted by Crippen LogP contribution is 2.28. The summed E-state index contributed by atoms with van der Waals surface area (Å²) < 4.78 is 0. The van der Waals surface area contributed by atoms with Crippen LogP contribution in [0.25, 0.3) is 0 Å². The van der Waals surface area contributed by atoms with Crippen molar-refractivity contribution in [2.45, 2.75) is 6.54 Å². The number of hydrazine groups is 1. The number of aromatic amines is 1. The van der Waals surface area contributed by atoms with Crippen molar-refractivity contribution in [3.8, 4) is 0 Å². The molecule has 0 saturated carbocycles. The number of hydrogen-bond donors (Lipinski definition) is 3. The lowest BCUT2D eigenvalue weighted by atomic mass is 10.1. The minimum absolute atomic E-state index is 0.0579. The smallest absolute Gasteiger partial charge is 0.306 e. The number of rotatable bonds is 5. The summed E-state index contributed by atoms with van der Waals surface area (Å²) in [4.78, 5) is 28.1. The van der Waals surface area contributed by atoms with Gasteiger partial charge in [-0.15, -0.1) is 0 Å². The van der Waals surface area contributed by atoms with Gasteiger partial charge < -0.3 is 10.3 Å². The summed E-state index contributed by atoms with van der Waals surface area (Å²) in [5, 5.41) is 17.4. The molecule has 0 unspecified atom stereocenters. The van der Waals surface area contributed by atoms with Gasteiger partial charge in [-0.3, -0.25) is 25.9 Å². The van der Waals surface area contributed by atoms with Gasteiger partial charge in [0.1, 0.15) is 23.4 Å². The predicted molar refractivity (Wildman–Crippen MR) is 73.1 cm³/mol. The van der Waals surface area contributed by atoms with E-state index in [1.165, 1.54) is 36.5 Å². The summed E-state index contributed by atoms with van der Waals surface area (Å²) in [5.74, 6) is 5.20. The van der Waals surface area contributed by atoms with Crippen LogP contribution in [0.4, 0.5) is 11.4 Å². The maximum Gasteiger partial charge on any atom is 0.306 e. The summed E-state index contributed by atoms with van der Waals surface area (Å²) in [6.45, 7) is 0.149. The molecular formula is C11H13N7O3. The second-order valence-corrected chi connectivity index (χ2v) is 4.20. The summed E-state index contributed by atoms with van der Waals surface area (Å²) in [6, 6.07) is 4.31.